The number of urea groups is 1. The minimum Gasteiger partial charge on any atom is -0.309 e. The number of anilines is 1. The summed E-state index contributed by atoms with van der Waals surface area (Å²) in [6.07, 6.45) is -0.744. The minimum absolute atomic E-state index is 0.411. The molecule has 1 aliphatic rings. The lowest BCUT2D eigenvalue weighted by atomic mass is 10.0. The Morgan fingerprint density at radius 3 is 2.44 bits per heavy atom. The van der Waals surface area contributed by atoms with Gasteiger partial charge in [0.25, 0.3) is 0 Å². The lowest BCUT2D eigenvalue weighted by Gasteiger charge is -2.15. The Morgan fingerprint density at radius 2 is 1.66 bits per heavy atom. The van der Waals surface area contributed by atoms with Gasteiger partial charge in [-0.25, -0.2) is 4.79 Å². The van der Waals surface area contributed by atoms with E-state index in [1.807, 2.05) is 66.1 Å². The van der Waals surface area contributed by atoms with Crippen molar-refractivity contribution in [2.75, 3.05) is 5.32 Å². The van der Waals surface area contributed by atoms with E-state index in [9.17, 15) is 4.79 Å². The number of amides is 2. The summed E-state index contributed by atoms with van der Waals surface area (Å²) in [4.78, 5) is 17.8. The van der Waals surface area contributed by atoms with Crippen LogP contribution in [0.15, 0.2) is 83.9 Å². The molecule has 7 nitrogen and oxygen atoms in total. The zero-order valence-corrected chi connectivity index (χ0v) is 17.9. The second-order valence-electron chi connectivity index (χ2n) is 7.31. The number of nitrogens with zero attached hydrogens (tertiary/aromatic N) is 4. The van der Waals surface area contributed by atoms with Crippen LogP contribution in [0.3, 0.4) is 0 Å². The van der Waals surface area contributed by atoms with Gasteiger partial charge in [0.15, 0.2) is 12.0 Å². The molecule has 3 aromatic carbocycles. The predicted octanol–water partition coefficient (Wildman–Crippen LogP) is 4.90. The fraction of sp³-hybridized carbons (Fsp3) is 0.0833. The van der Waals surface area contributed by atoms with Crippen molar-refractivity contribution in [3.05, 3.63) is 107 Å². The topological polar surface area (TPSA) is 84.2 Å². The van der Waals surface area contributed by atoms with Crippen LogP contribution in [-0.2, 0) is 0 Å². The van der Waals surface area contributed by atoms with Crippen molar-refractivity contribution in [2.24, 2.45) is 4.99 Å². The van der Waals surface area contributed by atoms with Gasteiger partial charge in [-0.1, -0.05) is 60.1 Å². The zero-order chi connectivity index (χ0) is 22.1. The van der Waals surface area contributed by atoms with Gasteiger partial charge in [-0.05, 0) is 37.3 Å². The molecular weight excluding hydrogens is 424 g/mol. The molecule has 0 saturated carbocycles. The van der Waals surface area contributed by atoms with Gasteiger partial charge in [0.1, 0.15) is 5.82 Å². The highest BCUT2D eigenvalue weighted by Gasteiger charge is 2.29. The fourth-order valence-electron chi connectivity index (χ4n) is 3.73. The third kappa shape index (κ3) is 3.74. The Bertz CT molecular complexity index is 1310. The Morgan fingerprint density at radius 1 is 0.938 bits per heavy atom. The molecule has 0 spiro atoms. The Labute approximate surface area is 189 Å². The molecule has 158 valence electrons. The van der Waals surface area contributed by atoms with Crippen LogP contribution in [0.25, 0.3) is 5.69 Å². The van der Waals surface area contributed by atoms with Crippen LogP contribution >= 0.6 is 11.6 Å². The highest BCUT2D eigenvalue weighted by molar-refractivity contribution is 6.30. The molecule has 0 bridgehead atoms. The van der Waals surface area contributed by atoms with Crippen LogP contribution in [0.4, 0.5) is 10.5 Å². The molecule has 0 aliphatic carbocycles. The van der Waals surface area contributed by atoms with Gasteiger partial charge >= 0.3 is 6.03 Å². The molecule has 32 heavy (non-hydrogen) atoms. The van der Waals surface area contributed by atoms with E-state index in [1.165, 1.54) is 0 Å². The Kier molecular flexibility index (Phi) is 5.17. The summed E-state index contributed by atoms with van der Waals surface area (Å²) in [7, 11) is 0. The Balaban J connectivity index is 1.58. The third-order valence-corrected chi connectivity index (χ3v) is 5.42. The van der Waals surface area contributed by atoms with E-state index in [0.29, 0.717) is 22.4 Å². The third-order valence-electron chi connectivity index (χ3n) is 5.17. The average Bonchev–Trinajstić information content (AvgIpc) is 3.13. The standard InChI is InChI=1S/C24H19ClN6O/c1-15-29-30-23-22(28-24(32)26-18-13-11-17(25)12-14-18)27-21(16-7-3-2-4-8-16)19-9-5-6-10-20(19)31(15)23/h2-14,22H,1H3,(H2,26,28,32). The van der Waals surface area contributed by atoms with Gasteiger partial charge in [0.05, 0.1) is 11.4 Å². The maximum absolute atomic E-state index is 12.8. The molecule has 2 N–H and O–H groups in total. The lowest BCUT2D eigenvalue weighted by molar-refractivity contribution is 0.248. The summed E-state index contributed by atoms with van der Waals surface area (Å²) < 4.78 is 1.93. The van der Waals surface area contributed by atoms with Crippen LogP contribution in [0.5, 0.6) is 0 Å². The number of nitrogens with one attached hydrogen (secondary N) is 2. The van der Waals surface area contributed by atoms with Crippen molar-refractivity contribution in [3.63, 3.8) is 0 Å². The summed E-state index contributed by atoms with van der Waals surface area (Å²) in [5, 5.41) is 14.9. The van der Waals surface area contributed by atoms with E-state index in [0.717, 1.165) is 22.5 Å². The van der Waals surface area contributed by atoms with E-state index in [1.54, 1.807) is 24.3 Å². The molecule has 2 amide bonds. The maximum atomic E-state index is 12.8. The number of halogens is 1. The second kappa shape index (κ2) is 8.28. The van der Waals surface area contributed by atoms with E-state index in [2.05, 4.69) is 20.8 Å². The van der Waals surface area contributed by atoms with Crippen LogP contribution in [0.2, 0.25) is 5.02 Å². The highest BCUT2D eigenvalue weighted by atomic mass is 35.5. The summed E-state index contributed by atoms with van der Waals surface area (Å²) in [5.74, 6) is 1.24. The molecule has 4 aromatic rings. The summed E-state index contributed by atoms with van der Waals surface area (Å²) >= 11 is 5.93. The van der Waals surface area contributed by atoms with Crippen LogP contribution in [-0.4, -0.2) is 26.5 Å². The number of aromatic nitrogens is 3. The largest absolute Gasteiger partial charge is 0.321 e. The predicted molar refractivity (Wildman–Crippen MR) is 125 cm³/mol. The molecule has 1 aromatic heterocycles. The second-order valence-corrected chi connectivity index (χ2v) is 7.75. The van der Waals surface area contributed by atoms with Crippen molar-refractivity contribution >= 4 is 29.0 Å². The number of aryl methyl sites for hydroxylation is 1. The number of carbonyl (C=O) groups excluding carboxylic acids is 1. The molecule has 8 heteroatoms. The van der Waals surface area contributed by atoms with E-state index in [4.69, 9.17) is 16.6 Å². The molecular formula is C24H19ClN6O. The smallest absolute Gasteiger partial charge is 0.309 e. The van der Waals surface area contributed by atoms with E-state index >= 15 is 0 Å². The van der Waals surface area contributed by atoms with Crippen LogP contribution < -0.4 is 10.6 Å². The van der Waals surface area contributed by atoms with Gasteiger partial charge in [-0.3, -0.25) is 9.56 Å². The fourth-order valence-corrected chi connectivity index (χ4v) is 3.85. The van der Waals surface area contributed by atoms with Crippen molar-refractivity contribution in [2.45, 2.75) is 13.1 Å². The molecule has 5 rings (SSSR count). The van der Waals surface area contributed by atoms with Gasteiger partial charge in [-0.2, -0.15) is 0 Å². The van der Waals surface area contributed by atoms with E-state index in [-0.39, 0.29) is 0 Å². The first-order valence-corrected chi connectivity index (χ1v) is 10.5. The molecule has 0 fully saturated rings. The van der Waals surface area contributed by atoms with Crippen molar-refractivity contribution in [1.29, 1.82) is 0 Å². The molecule has 1 unspecified atom stereocenters. The van der Waals surface area contributed by atoms with Crippen molar-refractivity contribution in [3.8, 4) is 5.69 Å². The van der Waals surface area contributed by atoms with Gasteiger partial charge in [0.2, 0.25) is 0 Å². The van der Waals surface area contributed by atoms with Crippen LogP contribution in [0.1, 0.15) is 28.9 Å². The minimum atomic E-state index is -0.744. The lowest BCUT2D eigenvalue weighted by Crippen LogP contribution is -2.33. The number of benzene rings is 3. The number of fused-ring (bicyclic) bond motifs is 3. The van der Waals surface area contributed by atoms with Crippen molar-refractivity contribution in [1.82, 2.24) is 20.1 Å². The molecule has 0 radical (unpaired) electrons. The van der Waals surface area contributed by atoms with E-state index < -0.39 is 12.2 Å². The summed E-state index contributed by atoms with van der Waals surface area (Å²) in [5.41, 5.74) is 4.18. The van der Waals surface area contributed by atoms with Gasteiger partial charge in [-0.15, -0.1) is 10.2 Å². The number of hydrogen-bond acceptors (Lipinski definition) is 4. The monoisotopic (exact) mass is 442 g/mol. The first-order chi connectivity index (χ1) is 15.6. The first kappa shape index (κ1) is 20.0. The van der Waals surface area contributed by atoms with Crippen molar-refractivity contribution < 1.29 is 4.79 Å². The normalized spacial score (nSPS) is 14.6. The maximum Gasteiger partial charge on any atom is 0.321 e. The average molecular weight is 443 g/mol. The number of hydrogen-bond donors (Lipinski definition) is 2. The highest BCUT2D eigenvalue weighted by Crippen LogP contribution is 2.29. The number of carbonyl (C=O) groups is 1. The quantitative estimate of drug-likeness (QED) is 0.473. The van der Waals surface area contributed by atoms with Gasteiger partial charge < -0.3 is 10.6 Å². The number of aliphatic imine (C=N–C) groups is 1. The molecule has 0 saturated heterocycles. The van der Waals surface area contributed by atoms with Crippen LogP contribution in [0, 0.1) is 6.92 Å². The zero-order valence-electron chi connectivity index (χ0n) is 17.2. The van der Waals surface area contributed by atoms with Gasteiger partial charge in [0, 0.05) is 21.8 Å². The molecule has 1 atom stereocenters. The Hall–Kier alpha value is -3.97. The number of rotatable bonds is 3. The summed E-state index contributed by atoms with van der Waals surface area (Å²) in [6, 6.07) is 24.3. The summed E-state index contributed by atoms with van der Waals surface area (Å²) in [6.45, 7) is 1.88. The SMILES string of the molecule is Cc1nnc2n1-c1ccccc1C(c1ccccc1)=NC2NC(=O)Nc1ccc(Cl)cc1. The molecule has 1 aliphatic heterocycles. The molecule has 2 heterocycles. The number of para-hydroxylation sites is 1. The first-order valence-electron chi connectivity index (χ1n) is 10.1.